The van der Waals surface area contributed by atoms with Crippen molar-refractivity contribution in [3.05, 3.63) is 36.0 Å². The molecule has 2 nitrogen and oxygen atoms in total. The summed E-state index contributed by atoms with van der Waals surface area (Å²) in [7, 11) is 0. The molecule has 2 rings (SSSR count). The normalized spacial score (nSPS) is 12.2. The first-order valence-corrected chi connectivity index (χ1v) is 6.18. The second-order valence-electron chi connectivity index (χ2n) is 5.87. The molecule has 2 heteroatoms. The molecule has 1 heterocycles. The van der Waals surface area contributed by atoms with Crippen molar-refractivity contribution >= 4 is 10.9 Å². The van der Waals surface area contributed by atoms with Crippen LogP contribution in [0.15, 0.2) is 30.5 Å². The van der Waals surface area contributed by atoms with Crippen LogP contribution in [0.2, 0.25) is 0 Å². The Morgan fingerprint density at radius 1 is 1.18 bits per heavy atom. The predicted molar refractivity (Wildman–Crippen MR) is 71.9 cm³/mol. The monoisotopic (exact) mass is 231 g/mol. The van der Waals surface area contributed by atoms with Crippen LogP contribution in [0, 0.1) is 5.41 Å². The summed E-state index contributed by atoms with van der Waals surface area (Å²) >= 11 is 0. The molecule has 0 aliphatic carbocycles. The number of aromatic nitrogens is 1. The number of aryl methyl sites for hydroxylation is 1. The van der Waals surface area contributed by atoms with E-state index in [0.29, 0.717) is 5.41 Å². The Balaban J connectivity index is 2.24. The van der Waals surface area contributed by atoms with Gasteiger partial charge in [0.25, 0.3) is 0 Å². The quantitative estimate of drug-likeness (QED) is 0.858. The summed E-state index contributed by atoms with van der Waals surface area (Å²) in [5, 5.41) is 10.3. The van der Waals surface area contributed by atoms with Crippen LogP contribution in [0.4, 0.5) is 0 Å². The van der Waals surface area contributed by atoms with Crippen molar-refractivity contribution in [1.29, 1.82) is 0 Å². The van der Waals surface area contributed by atoms with Gasteiger partial charge in [-0.15, -0.1) is 0 Å². The lowest BCUT2D eigenvalue weighted by Gasteiger charge is -2.18. The molecule has 0 bridgehead atoms. The first-order chi connectivity index (χ1) is 7.99. The van der Waals surface area contributed by atoms with E-state index in [1.165, 1.54) is 17.3 Å². The lowest BCUT2D eigenvalue weighted by molar-refractivity contribution is 0.282. The fourth-order valence-corrected chi connectivity index (χ4v) is 2.00. The molecule has 1 aromatic carbocycles. The molecule has 0 aliphatic rings. The van der Waals surface area contributed by atoms with Gasteiger partial charge in [0.1, 0.15) is 0 Å². The number of benzene rings is 1. The third kappa shape index (κ3) is 2.89. The molecule has 0 aliphatic heterocycles. The fraction of sp³-hybridized carbons (Fsp3) is 0.467. The van der Waals surface area contributed by atoms with E-state index < -0.39 is 0 Å². The Morgan fingerprint density at radius 2 is 1.94 bits per heavy atom. The van der Waals surface area contributed by atoms with Crippen molar-refractivity contribution in [3.63, 3.8) is 0 Å². The van der Waals surface area contributed by atoms with Gasteiger partial charge in [0.15, 0.2) is 0 Å². The van der Waals surface area contributed by atoms with Crippen molar-refractivity contribution in [1.82, 2.24) is 4.57 Å². The number of fused-ring (bicyclic) bond motifs is 1. The average Bonchev–Trinajstić information content (AvgIpc) is 2.67. The number of aliphatic hydroxyl groups excluding tert-OH is 1. The second-order valence-corrected chi connectivity index (χ2v) is 5.87. The molecule has 0 saturated heterocycles. The summed E-state index contributed by atoms with van der Waals surface area (Å²) in [6.07, 6.45) is 3.30. The van der Waals surface area contributed by atoms with Gasteiger partial charge in [-0.2, -0.15) is 0 Å². The first-order valence-electron chi connectivity index (χ1n) is 6.18. The van der Waals surface area contributed by atoms with Crippen molar-refractivity contribution in [2.75, 3.05) is 0 Å². The van der Waals surface area contributed by atoms with Crippen LogP contribution in [0.25, 0.3) is 10.9 Å². The standard InChI is InChI=1S/C15H21NO/c1-15(2,3)7-9-16-8-6-13-10-12(11-17)4-5-14(13)16/h4-6,8,10,17H,7,9,11H2,1-3H3. The Morgan fingerprint density at radius 3 is 2.59 bits per heavy atom. The van der Waals surface area contributed by atoms with Crippen LogP contribution in [0.1, 0.15) is 32.8 Å². The highest BCUT2D eigenvalue weighted by Gasteiger charge is 2.10. The van der Waals surface area contributed by atoms with Crippen LogP contribution < -0.4 is 0 Å². The van der Waals surface area contributed by atoms with Gasteiger partial charge < -0.3 is 9.67 Å². The Hall–Kier alpha value is -1.28. The number of aliphatic hydroxyl groups is 1. The highest BCUT2D eigenvalue weighted by Crippen LogP contribution is 2.23. The SMILES string of the molecule is CC(C)(C)CCn1ccc2cc(CO)ccc21. The van der Waals surface area contributed by atoms with E-state index in [1.54, 1.807) is 0 Å². The van der Waals surface area contributed by atoms with Gasteiger partial charge in [-0.1, -0.05) is 26.8 Å². The van der Waals surface area contributed by atoms with Gasteiger partial charge in [0.05, 0.1) is 6.61 Å². The van der Waals surface area contributed by atoms with Gasteiger partial charge >= 0.3 is 0 Å². The van der Waals surface area contributed by atoms with E-state index >= 15 is 0 Å². The van der Waals surface area contributed by atoms with E-state index in [1.807, 2.05) is 6.07 Å². The summed E-state index contributed by atoms with van der Waals surface area (Å²) in [4.78, 5) is 0. The average molecular weight is 231 g/mol. The van der Waals surface area contributed by atoms with Gasteiger partial charge in [-0.05, 0) is 41.0 Å². The van der Waals surface area contributed by atoms with Crippen molar-refractivity contribution in [3.8, 4) is 0 Å². The molecule has 0 spiro atoms. The van der Waals surface area contributed by atoms with Crippen LogP contribution in [0.3, 0.4) is 0 Å². The predicted octanol–water partition coefficient (Wildman–Crippen LogP) is 3.57. The molecule has 17 heavy (non-hydrogen) atoms. The number of hydrogen-bond acceptors (Lipinski definition) is 1. The molecule has 1 aromatic heterocycles. The zero-order valence-electron chi connectivity index (χ0n) is 10.9. The van der Waals surface area contributed by atoms with Crippen LogP contribution in [-0.2, 0) is 13.2 Å². The number of rotatable bonds is 3. The fourth-order valence-electron chi connectivity index (χ4n) is 2.00. The molecular formula is C15H21NO. The zero-order valence-corrected chi connectivity index (χ0v) is 10.9. The summed E-state index contributed by atoms with van der Waals surface area (Å²) in [5.74, 6) is 0. The number of nitrogens with zero attached hydrogens (tertiary/aromatic N) is 1. The maximum atomic E-state index is 9.11. The first kappa shape index (κ1) is 12.2. The van der Waals surface area contributed by atoms with Crippen molar-refractivity contribution in [2.45, 2.75) is 40.3 Å². The molecule has 92 valence electrons. The Bertz CT molecular complexity index is 505. The molecule has 0 saturated carbocycles. The van der Waals surface area contributed by atoms with E-state index in [2.05, 4.69) is 49.7 Å². The van der Waals surface area contributed by atoms with E-state index in [9.17, 15) is 0 Å². The van der Waals surface area contributed by atoms with E-state index in [0.717, 1.165) is 12.1 Å². The molecule has 0 amide bonds. The molecular weight excluding hydrogens is 210 g/mol. The van der Waals surface area contributed by atoms with Crippen LogP contribution >= 0.6 is 0 Å². The van der Waals surface area contributed by atoms with Crippen molar-refractivity contribution < 1.29 is 5.11 Å². The third-order valence-corrected chi connectivity index (χ3v) is 3.12. The van der Waals surface area contributed by atoms with Gasteiger partial charge in [0.2, 0.25) is 0 Å². The largest absolute Gasteiger partial charge is 0.392 e. The maximum absolute atomic E-state index is 9.11. The smallest absolute Gasteiger partial charge is 0.0682 e. The molecule has 1 N–H and O–H groups in total. The van der Waals surface area contributed by atoms with Gasteiger partial charge in [-0.3, -0.25) is 0 Å². The highest BCUT2D eigenvalue weighted by molar-refractivity contribution is 5.80. The van der Waals surface area contributed by atoms with Gasteiger partial charge in [0, 0.05) is 18.3 Å². The summed E-state index contributed by atoms with van der Waals surface area (Å²) in [6, 6.07) is 8.28. The topological polar surface area (TPSA) is 25.2 Å². The molecule has 0 radical (unpaired) electrons. The van der Waals surface area contributed by atoms with Crippen molar-refractivity contribution in [2.24, 2.45) is 5.41 Å². The van der Waals surface area contributed by atoms with Gasteiger partial charge in [-0.25, -0.2) is 0 Å². The number of hydrogen-bond donors (Lipinski definition) is 1. The summed E-state index contributed by atoms with van der Waals surface area (Å²) in [6.45, 7) is 7.96. The lowest BCUT2D eigenvalue weighted by Crippen LogP contribution is -2.09. The van der Waals surface area contributed by atoms with E-state index in [-0.39, 0.29) is 6.61 Å². The van der Waals surface area contributed by atoms with Crippen LogP contribution in [0.5, 0.6) is 0 Å². The Kier molecular flexibility index (Phi) is 3.25. The van der Waals surface area contributed by atoms with Crippen LogP contribution in [-0.4, -0.2) is 9.67 Å². The minimum Gasteiger partial charge on any atom is -0.392 e. The zero-order chi connectivity index (χ0) is 12.5. The summed E-state index contributed by atoms with van der Waals surface area (Å²) < 4.78 is 2.29. The molecule has 0 atom stereocenters. The third-order valence-electron chi connectivity index (χ3n) is 3.12. The highest BCUT2D eigenvalue weighted by atomic mass is 16.3. The molecule has 0 unspecified atom stereocenters. The maximum Gasteiger partial charge on any atom is 0.0682 e. The lowest BCUT2D eigenvalue weighted by atomic mass is 9.92. The molecule has 0 fully saturated rings. The minimum absolute atomic E-state index is 0.114. The second kappa shape index (κ2) is 4.53. The minimum atomic E-state index is 0.114. The molecule has 2 aromatic rings. The van der Waals surface area contributed by atoms with E-state index in [4.69, 9.17) is 5.11 Å². The Labute approximate surface area is 103 Å². The summed E-state index contributed by atoms with van der Waals surface area (Å²) in [5.41, 5.74) is 2.60.